The third-order valence-electron chi connectivity index (χ3n) is 3.12. The third-order valence-corrected chi connectivity index (χ3v) is 3.69. The molecule has 4 nitrogen and oxygen atoms in total. The monoisotopic (exact) mass is 255 g/mol. The number of benzene rings is 1. The number of nitrogens with zero attached hydrogens (tertiary/aromatic N) is 1. The molecular formula is C12H14ClNO3. The predicted molar refractivity (Wildman–Crippen MR) is 66.0 cm³/mol. The van der Waals surface area contributed by atoms with Crippen molar-refractivity contribution < 1.29 is 9.66 Å². The topological polar surface area (TPSA) is 52.4 Å². The minimum atomic E-state index is -0.416. The number of nitro groups is 1. The van der Waals surface area contributed by atoms with Gasteiger partial charge in [0.2, 0.25) is 5.75 Å². The van der Waals surface area contributed by atoms with Gasteiger partial charge in [-0.15, -0.1) is 0 Å². The van der Waals surface area contributed by atoms with Crippen LogP contribution in [-0.2, 0) is 6.42 Å². The van der Waals surface area contributed by atoms with Crippen LogP contribution in [0.3, 0.4) is 0 Å². The van der Waals surface area contributed by atoms with E-state index < -0.39 is 10.5 Å². The van der Waals surface area contributed by atoms with Crippen LogP contribution in [0.2, 0.25) is 5.02 Å². The molecule has 17 heavy (non-hydrogen) atoms. The molecule has 0 atom stereocenters. The van der Waals surface area contributed by atoms with E-state index in [1.165, 1.54) is 0 Å². The number of rotatable bonds is 1. The molecule has 0 bridgehead atoms. The van der Waals surface area contributed by atoms with Crippen molar-refractivity contribution in [1.82, 2.24) is 0 Å². The van der Waals surface area contributed by atoms with Gasteiger partial charge < -0.3 is 4.74 Å². The van der Waals surface area contributed by atoms with Gasteiger partial charge in [0.1, 0.15) is 5.60 Å². The number of nitro benzene ring substituents is 1. The largest absolute Gasteiger partial charge is 0.480 e. The Labute approximate surface area is 105 Å². The number of hydrogen-bond acceptors (Lipinski definition) is 3. The fraction of sp³-hybridized carbons (Fsp3) is 0.500. The van der Waals surface area contributed by atoms with Crippen molar-refractivity contribution >= 4 is 17.3 Å². The SMILES string of the molecule is Cc1c(Cl)c(C)c([N+](=O)[O-])c2c1CC(C)(C)O2. The highest BCUT2D eigenvalue weighted by Gasteiger charge is 2.39. The summed E-state index contributed by atoms with van der Waals surface area (Å²) in [5, 5.41) is 11.6. The van der Waals surface area contributed by atoms with E-state index in [4.69, 9.17) is 16.3 Å². The van der Waals surface area contributed by atoms with Gasteiger partial charge in [-0.05, 0) is 33.3 Å². The third kappa shape index (κ3) is 1.76. The van der Waals surface area contributed by atoms with Crippen LogP contribution in [0.15, 0.2) is 0 Å². The summed E-state index contributed by atoms with van der Waals surface area (Å²) in [6, 6.07) is 0. The first-order valence-electron chi connectivity index (χ1n) is 5.39. The quantitative estimate of drug-likeness (QED) is 0.569. The average molecular weight is 256 g/mol. The molecule has 0 amide bonds. The molecule has 5 heteroatoms. The summed E-state index contributed by atoms with van der Waals surface area (Å²) >= 11 is 6.14. The molecule has 0 N–H and O–H groups in total. The fourth-order valence-electron chi connectivity index (χ4n) is 2.28. The molecule has 0 aromatic heterocycles. The van der Waals surface area contributed by atoms with Crippen LogP contribution in [-0.4, -0.2) is 10.5 Å². The fourth-order valence-corrected chi connectivity index (χ4v) is 2.49. The summed E-state index contributed by atoms with van der Waals surface area (Å²) in [6.45, 7) is 7.36. The maximum absolute atomic E-state index is 11.1. The Morgan fingerprint density at radius 2 is 1.94 bits per heavy atom. The van der Waals surface area contributed by atoms with E-state index in [1.807, 2.05) is 20.8 Å². The summed E-state index contributed by atoms with van der Waals surface area (Å²) in [5.74, 6) is 0.388. The highest BCUT2D eigenvalue weighted by molar-refractivity contribution is 6.32. The Kier molecular flexibility index (Phi) is 2.58. The normalized spacial score (nSPS) is 16.5. The van der Waals surface area contributed by atoms with Crippen LogP contribution in [0, 0.1) is 24.0 Å². The van der Waals surface area contributed by atoms with Crippen LogP contribution in [0.25, 0.3) is 0 Å². The van der Waals surface area contributed by atoms with Crippen molar-refractivity contribution in [2.45, 2.75) is 39.7 Å². The lowest BCUT2D eigenvalue weighted by Gasteiger charge is -2.16. The van der Waals surface area contributed by atoms with E-state index in [2.05, 4.69) is 0 Å². The minimum absolute atomic E-state index is 0.00109. The van der Waals surface area contributed by atoms with Crippen molar-refractivity contribution in [3.8, 4) is 5.75 Å². The van der Waals surface area contributed by atoms with Crippen LogP contribution in [0.1, 0.15) is 30.5 Å². The first-order valence-corrected chi connectivity index (χ1v) is 5.77. The molecule has 2 rings (SSSR count). The molecule has 92 valence electrons. The van der Waals surface area contributed by atoms with E-state index in [0.717, 1.165) is 11.1 Å². The van der Waals surface area contributed by atoms with Crippen molar-refractivity contribution in [2.75, 3.05) is 0 Å². The second kappa shape index (κ2) is 3.60. The molecule has 0 fully saturated rings. The zero-order valence-electron chi connectivity index (χ0n) is 10.3. The summed E-state index contributed by atoms with van der Waals surface area (Å²) in [4.78, 5) is 10.7. The van der Waals surface area contributed by atoms with Crippen molar-refractivity contribution in [3.63, 3.8) is 0 Å². The van der Waals surface area contributed by atoms with Crippen molar-refractivity contribution in [3.05, 3.63) is 31.8 Å². The number of halogens is 1. The molecule has 1 aromatic carbocycles. The molecule has 0 radical (unpaired) electrons. The Morgan fingerprint density at radius 3 is 2.47 bits per heavy atom. The second-order valence-electron chi connectivity index (χ2n) is 5.02. The van der Waals surface area contributed by atoms with Gasteiger partial charge in [-0.2, -0.15) is 0 Å². The molecule has 0 unspecified atom stereocenters. The molecule has 0 saturated carbocycles. The number of hydrogen-bond donors (Lipinski definition) is 0. The number of fused-ring (bicyclic) bond motifs is 1. The molecule has 0 saturated heterocycles. The van der Waals surface area contributed by atoms with Gasteiger partial charge in [-0.3, -0.25) is 10.1 Å². The molecule has 0 spiro atoms. The molecule has 1 aromatic rings. The molecule has 1 heterocycles. The zero-order valence-corrected chi connectivity index (χ0v) is 11.0. The molecule has 0 aliphatic carbocycles. The lowest BCUT2D eigenvalue weighted by molar-refractivity contribution is -0.386. The average Bonchev–Trinajstić information content (AvgIpc) is 2.50. The Bertz CT molecular complexity index is 523. The summed E-state index contributed by atoms with van der Waals surface area (Å²) < 4.78 is 5.70. The van der Waals surface area contributed by atoms with Gasteiger partial charge in [-0.25, -0.2) is 0 Å². The van der Waals surface area contributed by atoms with Gasteiger partial charge in [0.15, 0.2) is 0 Å². The highest BCUT2D eigenvalue weighted by Crippen LogP contribution is 2.48. The van der Waals surface area contributed by atoms with E-state index in [0.29, 0.717) is 22.8 Å². The lowest BCUT2D eigenvalue weighted by Crippen LogP contribution is -2.24. The summed E-state index contributed by atoms with van der Waals surface area (Å²) in [7, 11) is 0. The van der Waals surface area contributed by atoms with Crippen LogP contribution < -0.4 is 4.74 Å². The Balaban J connectivity index is 2.77. The van der Waals surface area contributed by atoms with Gasteiger partial charge in [0.25, 0.3) is 0 Å². The van der Waals surface area contributed by atoms with Crippen LogP contribution >= 0.6 is 11.6 Å². The first-order chi connectivity index (χ1) is 7.74. The van der Waals surface area contributed by atoms with E-state index in [-0.39, 0.29) is 5.69 Å². The maximum atomic E-state index is 11.1. The molecule has 1 aliphatic heterocycles. The predicted octanol–water partition coefficient (Wildman–Crippen LogP) is 3.58. The molecular weight excluding hydrogens is 242 g/mol. The Hall–Kier alpha value is -1.29. The van der Waals surface area contributed by atoms with Gasteiger partial charge in [0, 0.05) is 17.5 Å². The smallest absolute Gasteiger partial charge is 0.315 e. The van der Waals surface area contributed by atoms with Crippen molar-refractivity contribution in [1.29, 1.82) is 0 Å². The van der Waals surface area contributed by atoms with Gasteiger partial charge in [-0.1, -0.05) is 11.6 Å². The van der Waals surface area contributed by atoms with Crippen LogP contribution in [0.5, 0.6) is 5.75 Å². The summed E-state index contributed by atoms with van der Waals surface area (Å²) in [6.07, 6.45) is 0.648. The van der Waals surface area contributed by atoms with E-state index in [1.54, 1.807) is 6.92 Å². The number of ether oxygens (including phenoxy) is 1. The lowest BCUT2D eigenvalue weighted by atomic mass is 9.96. The minimum Gasteiger partial charge on any atom is -0.480 e. The molecule has 1 aliphatic rings. The van der Waals surface area contributed by atoms with Crippen LogP contribution in [0.4, 0.5) is 5.69 Å². The van der Waals surface area contributed by atoms with Gasteiger partial charge >= 0.3 is 5.69 Å². The highest BCUT2D eigenvalue weighted by atomic mass is 35.5. The second-order valence-corrected chi connectivity index (χ2v) is 5.39. The zero-order chi connectivity index (χ0) is 13.0. The van der Waals surface area contributed by atoms with E-state index >= 15 is 0 Å². The standard InChI is InChI=1S/C12H14ClNO3/c1-6-8-5-12(3,4)17-11(8)10(14(15)16)7(2)9(6)13/h5H2,1-4H3. The first kappa shape index (κ1) is 12.2. The maximum Gasteiger partial charge on any atom is 0.315 e. The van der Waals surface area contributed by atoms with Gasteiger partial charge in [0.05, 0.1) is 9.95 Å². The van der Waals surface area contributed by atoms with E-state index in [9.17, 15) is 10.1 Å². The Morgan fingerprint density at radius 1 is 1.35 bits per heavy atom. The summed E-state index contributed by atoms with van der Waals surface area (Å²) in [5.41, 5.74) is 1.81. The van der Waals surface area contributed by atoms with Crippen molar-refractivity contribution in [2.24, 2.45) is 0 Å².